The number of hydrogen-bond acceptors (Lipinski definition) is 3. The highest BCUT2D eigenvalue weighted by atomic mass is 16.1. The van der Waals surface area contributed by atoms with Crippen molar-refractivity contribution < 1.29 is 4.79 Å². The average molecular weight is 191 g/mol. The van der Waals surface area contributed by atoms with E-state index in [4.69, 9.17) is 5.26 Å². The zero-order chi connectivity index (χ0) is 10.6. The minimum absolute atomic E-state index is 0.0175. The lowest BCUT2D eigenvalue weighted by molar-refractivity contribution is 0.0976. The predicted molar refractivity (Wildman–Crippen MR) is 51.7 cm³/mol. The van der Waals surface area contributed by atoms with Crippen LogP contribution in [-0.2, 0) is 7.05 Å². The summed E-state index contributed by atoms with van der Waals surface area (Å²) in [5.74, 6) is 0.845. The van der Waals surface area contributed by atoms with Crippen LogP contribution in [0.15, 0.2) is 6.20 Å². The van der Waals surface area contributed by atoms with Crippen molar-refractivity contribution in [2.45, 2.75) is 26.2 Å². The second-order valence-electron chi connectivity index (χ2n) is 3.22. The number of aryl methyl sites for hydroxylation is 2. The van der Waals surface area contributed by atoms with Gasteiger partial charge < -0.3 is 4.57 Å². The Kier molecular flexibility index (Phi) is 3.41. The largest absolute Gasteiger partial charge is 0.337 e. The van der Waals surface area contributed by atoms with Crippen molar-refractivity contribution in [3.8, 4) is 6.07 Å². The molecule has 4 heteroatoms. The number of Topliss-reactive ketones (excluding diaryl/α,β-unsaturated/α-hetero) is 1. The molecular formula is C10H13N3O. The molecule has 0 saturated carbocycles. The van der Waals surface area contributed by atoms with Gasteiger partial charge in [0.25, 0.3) is 0 Å². The minimum Gasteiger partial charge on any atom is -0.337 e. The van der Waals surface area contributed by atoms with Gasteiger partial charge in [-0.15, -0.1) is 0 Å². The molecule has 0 spiro atoms. The van der Waals surface area contributed by atoms with Gasteiger partial charge in [-0.05, 0) is 13.3 Å². The molecule has 0 atom stereocenters. The van der Waals surface area contributed by atoms with Crippen LogP contribution in [0, 0.1) is 18.3 Å². The van der Waals surface area contributed by atoms with Gasteiger partial charge in [0.1, 0.15) is 11.5 Å². The predicted octanol–water partition coefficient (Wildman–Crippen LogP) is 1.61. The molecule has 0 N–H and O–H groups in total. The number of carbonyl (C=O) groups excluding carboxylic acids is 1. The summed E-state index contributed by atoms with van der Waals surface area (Å²) < 4.78 is 1.82. The van der Waals surface area contributed by atoms with Crippen molar-refractivity contribution in [2.75, 3.05) is 0 Å². The first-order valence-corrected chi connectivity index (χ1v) is 4.55. The van der Waals surface area contributed by atoms with Crippen molar-refractivity contribution in [3.05, 3.63) is 17.7 Å². The van der Waals surface area contributed by atoms with E-state index in [9.17, 15) is 4.79 Å². The fourth-order valence-electron chi connectivity index (χ4n) is 1.15. The van der Waals surface area contributed by atoms with Crippen LogP contribution < -0.4 is 0 Å². The van der Waals surface area contributed by atoms with E-state index in [1.54, 1.807) is 6.20 Å². The number of carbonyl (C=O) groups is 1. The van der Waals surface area contributed by atoms with Crippen LogP contribution in [0.2, 0.25) is 0 Å². The lowest BCUT2D eigenvalue weighted by atomic mass is 10.1. The van der Waals surface area contributed by atoms with E-state index in [-0.39, 0.29) is 5.78 Å². The molecule has 0 aliphatic heterocycles. The average Bonchev–Trinajstić information content (AvgIpc) is 2.47. The Hall–Kier alpha value is -1.63. The molecule has 0 saturated heterocycles. The highest BCUT2D eigenvalue weighted by Crippen LogP contribution is 2.06. The lowest BCUT2D eigenvalue weighted by Crippen LogP contribution is -1.99. The van der Waals surface area contributed by atoms with Gasteiger partial charge in [0.05, 0.1) is 6.07 Å². The Balaban J connectivity index is 2.57. The molecular weight excluding hydrogens is 178 g/mol. The Morgan fingerprint density at radius 1 is 1.71 bits per heavy atom. The SMILES string of the molecule is Cc1nc(C(=O)CCCC#N)cn1C. The van der Waals surface area contributed by atoms with Crippen LogP contribution in [0.4, 0.5) is 0 Å². The summed E-state index contributed by atoms with van der Waals surface area (Å²) in [4.78, 5) is 15.6. The maximum Gasteiger partial charge on any atom is 0.182 e. The van der Waals surface area contributed by atoms with Gasteiger partial charge in [0.15, 0.2) is 5.78 Å². The molecule has 14 heavy (non-hydrogen) atoms. The Bertz CT molecular complexity index is 354. The lowest BCUT2D eigenvalue weighted by Gasteiger charge is -1.92. The van der Waals surface area contributed by atoms with Gasteiger partial charge in [-0.25, -0.2) is 4.98 Å². The fourth-order valence-corrected chi connectivity index (χ4v) is 1.15. The van der Waals surface area contributed by atoms with E-state index in [2.05, 4.69) is 4.98 Å². The maximum atomic E-state index is 11.5. The van der Waals surface area contributed by atoms with Gasteiger partial charge in [-0.1, -0.05) is 0 Å². The van der Waals surface area contributed by atoms with Crippen molar-refractivity contribution in [2.24, 2.45) is 7.05 Å². The summed E-state index contributed by atoms with van der Waals surface area (Å²) in [6, 6.07) is 2.01. The topological polar surface area (TPSA) is 58.7 Å². The van der Waals surface area contributed by atoms with Gasteiger partial charge in [0.2, 0.25) is 0 Å². The van der Waals surface area contributed by atoms with Crippen LogP contribution >= 0.6 is 0 Å². The first kappa shape index (κ1) is 10.5. The normalized spacial score (nSPS) is 9.79. The van der Waals surface area contributed by atoms with E-state index in [0.29, 0.717) is 25.0 Å². The minimum atomic E-state index is 0.0175. The van der Waals surface area contributed by atoms with Crippen molar-refractivity contribution >= 4 is 5.78 Å². The number of rotatable bonds is 4. The molecule has 0 aliphatic carbocycles. The number of nitriles is 1. The summed E-state index contributed by atoms with van der Waals surface area (Å²) in [6.07, 6.45) is 3.18. The first-order chi connectivity index (χ1) is 6.65. The Morgan fingerprint density at radius 3 is 2.93 bits per heavy atom. The molecule has 0 aliphatic rings. The van der Waals surface area contributed by atoms with E-state index in [1.807, 2.05) is 24.6 Å². The second-order valence-corrected chi connectivity index (χ2v) is 3.22. The summed E-state index contributed by atoms with van der Waals surface area (Å²) in [7, 11) is 1.86. The molecule has 1 rings (SSSR count). The third kappa shape index (κ3) is 2.43. The van der Waals surface area contributed by atoms with Crippen molar-refractivity contribution in [1.82, 2.24) is 9.55 Å². The number of unbranched alkanes of at least 4 members (excludes halogenated alkanes) is 1. The van der Waals surface area contributed by atoms with E-state index in [1.165, 1.54) is 0 Å². The second kappa shape index (κ2) is 4.56. The zero-order valence-electron chi connectivity index (χ0n) is 8.45. The van der Waals surface area contributed by atoms with Crippen LogP contribution in [0.3, 0.4) is 0 Å². The molecule has 0 amide bonds. The summed E-state index contributed by atoms with van der Waals surface area (Å²) >= 11 is 0. The van der Waals surface area contributed by atoms with Crippen molar-refractivity contribution in [3.63, 3.8) is 0 Å². The highest BCUT2D eigenvalue weighted by Gasteiger charge is 2.09. The van der Waals surface area contributed by atoms with Gasteiger partial charge >= 0.3 is 0 Å². The van der Waals surface area contributed by atoms with Crippen LogP contribution in [0.25, 0.3) is 0 Å². The third-order valence-corrected chi connectivity index (χ3v) is 2.09. The van der Waals surface area contributed by atoms with Gasteiger partial charge in [0, 0.05) is 26.1 Å². The van der Waals surface area contributed by atoms with E-state index in [0.717, 1.165) is 5.82 Å². The monoisotopic (exact) mass is 191 g/mol. The zero-order valence-corrected chi connectivity index (χ0v) is 8.45. The molecule has 0 radical (unpaired) electrons. The van der Waals surface area contributed by atoms with E-state index >= 15 is 0 Å². The standard InChI is InChI=1S/C10H13N3O/c1-8-12-9(7-13(8)2)10(14)5-3-4-6-11/h7H,3-5H2,1-2H3. The molecule has 4 nitrogen and oxygen atoms in total. The molecule has 1 aromatic heterocycles. The van der Waals surface area contributed by atoms with Gasteiger partial charge in [-0.2, -0.15) is 5.26 Å². The fraction of sp³-hybridized carbons (Fsp3) is 0.500. The summed E-state index contributed by atoms with van der Waals surface area (Å²) in [5.41, 5.74) is 0.503. The first-order valence-electron chi connectivity index (χ1n) is 4.55. The molecule has 0 fully saturated rings. The smallest absolute Gasteiger partial charge is 0.182 e. The number of aromatic nitrogens is 2. The number of imidazole rings is 1. The number of hydrogen-bond donors (Lipinski definition) is 0. The molecule has 74 valence electrons. The van der Waals surface area contributed by atoms with Gasteiger partial charge in [-0.3, -0.25) is 4.79 Å². The van der Waals surface area contributed by atoms with Crippen LogP contribution in [0.1, 0.15) is 35.6 Å². The third-order valence-electron chi connectivity index (χ3n) is 2.09. The van der Waals surface area contributed by atoms with Crippen LogP contribution in [-0.4, -0.2) is 15.3 Å². The molecule has 0 unspecified atom stereocenters. The highest BCUT2D eigenvalue weighted by molar-refractivity contribution is 5.94. The summed E-state index contributed by atoms with van der Waals surface area (Å²) in [6.45, 7) is 1.85. The Labute approximate surface area is 83.2 Å². The Morgan fingerprint density at radius 2 is 2.43 bits per heavy atom. The molecule has 0 aromatic carbocycles. The van der Waals surface area contributed by atoms with E-state index < -0.39 is 0 Å². The molecule has 0 bridgehead atoms. The quantitative estimate of drug-likeness (QED) is 0.536. The van der Waals surface area contributed by atoms with Crippen molar-refractivity contribution in [1.29, 1.82) is 5.26 Å². The molecule has 1 heterocycles. The molecule has 1 aromatic rings. The van der Waals surface area contributed by atoms with Crippen LogP contribution in [0.5, 0.6) is 0 Å². The number of nitrogens with zero attached hydrogens (tertiary/aromatic N) is 3. The summed E-state index contributed by atoms with van der Waals surface area (Å²) in [5, 5.41) is 8.32. The number of ketones is 1. The maximum absolute atomic E-state index is 11.5.